The fraction of sp³-hybridized carbons (Fsp3) is 0.294. The van der Waals surface area contributed by atoms with Crippen molar-refractivity contribution in [1.29, 1.82) is 0 Å². The van der Waals surface area contributed by atoms with Crippen LogP contribution in [0.2, 0.25) is 0 Å². The molecule has 4 aromatic rings. The zero-order valence-corrected chi connectivity index (χ0v) is 25.4. The summed E-state index contributed by atoms with van der Waals surface area (Å²) in [7, 11) is 4.87. The van der Waals surface area contributed by atoms with E-state index in [0.29, 0.717) is 47.4 Å². The number of amides is 1. The van der Waals surface area contributed by atoms with Crippen LogP contribution in [0.1, 0.15) is 43.0 Å². The first-order valence-corrected chi connectivity index (χ1v) is 14.2. The second-order valence-corrected chi connectivity index (χ2v) is 10.9. The van der Waals surface area contributed by atoms with Gasteiger partial charge in [-0.25, -0.2) is 9.79 Å². The van der Waals surface area contributed by atoms with E-state index < -0.39 is 0 Å². The summed E-state index contributed by atoms with van der Waals surface area (Å²) < 4.78 is 14.5. The predicted molar refractivity (Wildman–Crippen MR) is 166 cm³/mol. The first kappa shape index (κ1) is 29.6. The lowest BCUT2D eigenvalue weighted by molar-refractivity contribution is 0.0786. The topological polar surface area (TPSA) is 95.1 Å². The van der Waals surface area contributed by atoms with Gasteiger partial charge in [-0.1, -0.05) is 35.9 Å². The van der Waals surface area contributed by atoms with Gasteiger partial charge in [0.1, 0.15) is 5.49 Å². The average molecular weight is 581 g/mol. The highest BCUT2D eigenvalue weighted by Gasteiger charge is 2.23. The second kappa shape index (κ2) is 12.1. The summed E-state index contributed by atoms with van der Waals surface area (Å²) in [4.78, 5) is 45.5. The molecular weight excluding hydrogens is 544 g/mol. The van der Waals surface area contributed by atoms with Gasteiger partial charge < -0.3 is 14.4 Å². The fourth-order valence-electron chi connectivity index (χ4n) is 5.78. The highest BCUT2D eigenvalue weighted by Crippen LogP contribution is 2.37. The molecule has 1 amide bonds. The SMILES string of the molecule is COc1cc2c(cc1OC)-c1c/c(=N\c3c(C)cc(C)cc3C)n(CCN(C)C(=O)c3ccccc3C=O)c(=O)n1CC2. The molecule has 0 fully saturated rings. The monoisotopic (exact) mass is 580 g/mol. The molecule has 0 saturated heterocycles. The molecule has 9 nitrogen and oxygen atoms in total. The number of carbonyl (C=O) groups excluding carboxylic acids is 2. The number of ether oxygens (including phenoxy) is 2. The average Bonchev–Trinajstić information content (AvgIpc) is 3.00. The Labute approximate surface area is 250 Å². The maximum atomic E-state index is 14.1. The lowest BCUT2D eigenvalue weighted by Gasteiger charge is -2.25. The molecule has 5 rings (SSSR count). The van der Waals surface area contributed by atoms with E-state index in [9.17, 15) is 14.4 Å². The first-order valence-electron chi connectivity index (χ1n) is 14.2. The fourth-order valence-corrected chi connectivity index (χ4v) is 5.78. The van der Waals surface area contributed by atoms with Gasteiger partial charge in [-0.05, 0) is 62.1 Å². The largest absolute Gasteiger partial charge is 0.493 e. The van der Waals surface area contributed by atoms with Crippen molar-refractivity contribution in [2.75, 3.05) is 27.8 Å². The van der Waals surface area contributed by atoms with Gasteiger partial charge in [0.25, 0.3) is 5.91 Å². The van der Waals surface area contributed by atoms with Gasteiger partial charge >= 0.3 is 5.69 Å². The molecule has 1 aliphatic heterocycles. The van der Waals surface area contributed by atoms with E-state index in [4.69, 9.17) is 14.5 Å². The minimum atomic E-state index is -0.292. The van der Waals surface area contributed by atoms with Crippen LogP contribution in [0, 0.1) is 20.8 Å². The molecular formula is C34H36N4O5. The van der Waals surface area contributed by atoms with Gasteiger partial charge in [-0.2, -0.15) is 0 Å². The Bertz CT molecular complexity index is 1850. The number of aromatic nitrogens is 2. The van der Waals surface area contributed by atoms with E-state index in [1.54, 1.807) is 54.7 Å². The number of benzene rings is 3. The molecule has 1 aromatic heterocycles. The van der Waals surface area contributed by atoms with Crippen molar-refractivity contribution >= 4 is 17.9 Å². The van der Waals surface area contributed by atoms with E-state index >= 15 is 0 Å². The smallest absolute Gasteiger partial charge is 0.330 e. The summed E-state index contributed by atoms with van der Waals surface area (Å²) >= 11 is 0. The summed E-state index contributed by atoms with van der Waals surface area (Å²) in [5.74, 6) is 0.932. The molecule has 0 atom stereocenters. The minimum absolute atomic E-state index is 0.214. The number of aryl methyl sites for hydroxylation is 4. The number of carbonyl (C=O) groups is 2. The van der Waals surface area contributed by atoms with Gasteiger partial charge in [-0.3, -0.25) is 18.7 Å². The van der Waals surface area contributed by atoms with E-state index in [0.717, 1.165) is 39.2 Å². The van der Waals surface area contributed by atoms with Crippen LogP contribution in [0.5, 0.6) is 11.5 Å². The Morgan fingerprint density at radius 3 is 2.35 bits per heavy atom. The van der Waals surface area contributed by atoms with E-state index in [1.807, 2.05) is 39.0 Å². The lowest BCUT2D eigenvalue weighted by Crippen LogP contribution is -2.44. The van der Waals surface area contributed by atoms with Crippen LogP contribution in [-0.2, 0) is 19.5 Å². The van der Waals surface area contributed by atoms with Crippen LogP contribution in [-0.4, -0.2) is 54.0 Å². The zero-order chi connectivity index (χ0) is 30.8. The summed E-state index contributed by atoms with van der Waals surface area (Å²) in [6, 6.07) is 16.7. The highest BCUT2D eigenvalue weighted by molar-refractivity contribution is 6.01. The number of likely N-dealkylation sites (N-methyl/N-ethyl adjacent to an activating group) is 1. The summed E-state index contributed by atoms with van der Waals surface area (Å²) in [6.45, 7) is 7.01. The van der Waals surface area contributed by atoms with Crippen LogP contribution >= 0.6 is 0 Å². The molecule has 0 radical (unpaired) electrons. The van der Waals surface area contributed by atoms with Gasteiger partial charge in [0.2, 0.25) is 0 Å². The quantitative estimate of drug-likeness (QED) is 0.283. The van der Waals surface area contributed by atoms with Crippen LogP contribution in [0.4, 0.5) is 5.69 Å². The van der Waals surface area contributed by atoms with Gasteiger partial charge in [0.05, 0.1) is 31.2 Å². The van der Waals surface area contributed by atoms with E-state index in [-0.39, 0.29) is 24.7 Å². The summed E-state index contributed by atoms with van der Waals surface area (Å²) in [5.41, 5.74) is 7.57. The molecule has 222 valence electrons. The number of rotatable bonds is 8. The first-order chi connectivity index (χ1) is 20.7. The molecule has 2 heterocycles. The number of nitrogens with zero attached hydrogens (tertiary/aromatic N) is 4. The number of hydrogen-bond acceptors (Lipinski definition) is 6. The molecule has 0 saturated carbocycles. The molecule has 0 bridgehead atoms. The van der Waals surface area contributed by atoms with Crippen molar-refractivity contribution in [3.8, 4) is 22.8 Å². The Balaban J connectivity index is 1.64. The Morgan fingerprint density at radius 1 is 1.00 bits per heavy atom. The molecule has 9 heteroatoms. The molecule has 0 N–H and O–H groups in total. The van der Waals surface area contributed by atoms with Crippen molar-refractivity contribution in [3.63, 3.8) is 0 Å². The zero-order valence-electron chi connectivity index (χ0n) is 25.4. The molecule has 0 unspecified atom stereocenters. The minimum Gasteiger partial charge on any atom is -0.493 e. The van der Waals surface area contributed by atoms with Gasteiger partial charge in [0, 0.05) is 43.9 Å². The van der Waals surface area contributed by atoms with Crippen LogP contribution in [0.3, 0.4) is 0 Å². The van der Waals surface area contributed by atoms with Crippen molar-refractivity contribution in [3.05, 3.63) is 104 Å². The summed E-state index contributed by atoms with van der Waals surface area (Å²) in [6.07, 6.45) is 1.33. The van der Waals surface area contributed by atoms with Crippen LogP contribution < -0.4 is 20.7 Å². The number of methoxy groups -OCH3 is 2. The molecule has 43 heavy (non-hydrogen) atoms. The van der Waals surface area contributed by atoms with Crippen molar-refractivity contribution in [1.82, 2.24) is 14.0 Å². The van der Waals surface area contributed by atoms with E-state index in [2.05, 4.69) is 12.1 Å². The second-order valence-electron chi connectivity index (χ2n) is 10.9. The number of fused-ring (bicyclic) bond motifs is 3. The molecule has 0 spiro atoms. The van der Waals surface area contributed by atoms with E-state index in [1.165, 1.54) is 4.90 Å². The third-order valence-electron chi connectivity index (χ3n) is 7.97. The summed E-state index contributed by atoms with van der Waals surface area (Å²) in [5, 5.41) is 0. The highest BCUT2D eigenvalue weighted by atomic mass is 16.5. The maximum absolute atomic E-state index is 14.1. The third-order valence-corrected chi connectivity index (χ3v) is 7.97. The number of aldehydes is 1. The predicted octanol–water partition coefficient (Wildman–Crippen LogP) is 4.63. The Hall–Kier alpha value is -4.92. The van der Waals surface area contributed by atoms with Gasteiger partial charge in [0.15, 0.2) is 17.8 Å². The maximum Gasteiger partial charge on any atom is 0.330 e. The molecule has 1 aliphatic rings. The van der Waals surface area contributed by atoms with Crippen LogP contribution in [0.25, 0.3) is 11.3 Å². The Morgan fingerprint density at radius 2 is 1.67 bits per heavy atom. The van der Waals surface area contributed by atoms with Gasteiger partial charge in [-0.15, -0.1) is 0 Å². The van der Waals surface area contributed by atoms with Crippen molar-refractivity contribution in [2.24, 2.45) is 4.99 Å². The van der Waals surface area contributed by atoms with Crippen molar-refractivity contribution < 1.29 is 19.1 Å². The third kappa shape index (κ3) is 5.62. The molecule has 3 aromatic carbocycles. The standard InChI is InChI=1S/C34H36N4O5/c1-21-15-22(2)32(23(3)16-21)35-31-19-28-27-18-30(43-6)29(42-5)17-24(27)11-12-37(28)34(41)38(31)14-13-36(4)33(40)26-10-8-7-9-25(26)20-39/h7-10,15-20H,11-14H2,1-6H3/b35-31+. The van der Waals surface area contributed by atoms with Crippen LogP contribution in [0.15, 0.2) is 64.4 Å². The van der Waals surface area contributed by atoms with Crippen molar-refractivity contribution in [2.45, 2.75) is 40.3 Å². The molecule has 0 aliphatic carbocycles. The Kier molecular flexibility index (Phi) is 8.34. The lowest BCUT2D eigenvalue weighted by atomic mass is 9.97. The number of hydrogen-bond donors (Lipinski definition) is 0. The normalized spacial score (nSPS) is 12.4.